The molecule has 0 aliphatic carbocycles. The first-order valence-corrected chi connectivity index (χ1v) is 6.20. The minimum Gasteiger partial charge on any atom is -0.491 e. The number of ether oxygens (including phenoxy) is 1. The standard InChI is InChI=1S/C14H22FNO/c1-4-17-14-6-5-11(8-13(14)15)12(9-16)7-10(2)3/h5-6,8,10,12H,4,7,9,16H2,1-3H3. The number of hydrogen-bond donors (Lipinski definition) is 1. The van der Waals surface area contributed by atoms with Crippen molar-refractivity contribution in [2.75, 3.05) is 13.2 Å². The van der Waals surface area contributed by atoms with E-state index in [4.69, 9.17) is 10.5 Å². The molecule has 2 nitrogen and oxygen atoms in total. The Bertz CT molecular complexity index is 352. The zero-order chi connectivity index (χ0) is 12.8. The lowest BCUT2D eigenvalue weighted by Gasteiger charge is -2.18. The van der Waals surface area contributed by atoms with Crippen molar-refractivity contribution >= 4 is 0 Å². The molecule has 0 aliphatic heterocycles. The van der Waals surface area contributed by atoms with Crippen molar-refractivity contribution in [2.24, 2.45) is 11.7 Å². The monoisotopic (exact) mass is 239 g/mol. The van der Waals surface area contributed by atoms with Gasteiger partial charge in [0.05, 0.1) is 6.61 Å². The Morgan fingerprint density at radius 1 is 1.35 bits per heavy atom. The van der Waals surface area contributed by atoms with Crippen LogP contribution in [0.1, 0.15) is 38.7 Å². The van der Waals surface area contributed by atoms with Crippen molar-refractivity contribution in [2.45, 2.75) is 33.1 Å². The van der Waals surface area contributed by atoms with E-state index in [9.17, 15) is 4.39 Å². The normalized spacial score (nSPS) is 12.8. The van der Waals surface area contributed by atoms with Crippen molar-refractivity contribution in [3.63, 3.8) is 0 Å². The summed E-state index contributed by atoms with van der Waals surface area (Å²) in [5.74, 6) is 0.793. The van der Waals surface area contributed by atoms with E-state index >= 15 is 0 Å². The van der Waals surface area contributed by atoms with Gasteiger partial charge in [-0.15, -0.1) is 0 Å². The van der Waals surface area contributed by atoms with E-state index in [1.165, 1.54) is 0 Å². The molecule has 1 unspecified atom stereocenters. The van der Waals surface area contributed by atoms with E-state index in [1.807, 2.05) is 13.0 Å². The molecule has 1 aromatic carbocycles. The van der Waals surface area contributed by atoms with Gasteiger partial charge < -0.3 is 10.5 Å². The van der Waals surface area contributed by atoms with E-state index in [0.29, 0.717) is 24.8 Å². The lowest BCUT2D eigenvalue weighted by molar-refractivity contribution is 0.321. The average molecular weight is 239 g/mol. The summed E-state index contributed by atoms with van der Waals surface area (Å²) >= 11 is 0. The second kappa shape index (κ2) is 6.60. The molecule has 0 heterocycles. The molecule has 17 heavy (non-hydrogen) atoms. The maximum Gasteiger partial charge on any atom is 0.165 e. The van der Waals surface area contributed by atoms with Crippen molar-refractivity contribution in [3.05, 3.63) is 29.6 Å². The highest BCUT2D eigenvalue weighted by atomic mass is 19.1. The van der Waals surface area contributed by atoms with Gasteiger partial charge in [-0.2, -0.15) is 0 Å². The van der Waals surface area contributed by atoms with Crippen LogP contribution in [0, 0.1) is 11.7 Å². The largest absolute Gasteiger partial charge is 0.491 e. The second-order valence-electron chi connectivity index (χ2n) is 4.69. The summed E-state index contributed by atoms with van der Waals surface area (Å²) in [7, 11) is 0. The van der Waals surface area contributed by atoms with Gasteiger partial charge in [-0.3, -0.25) is 0 Å². The van der Waals surface area contributed by atoms with E-state index in [2.05, 4.69) is 13.8 Å². The summed E-state index contributed by atoms with van der Waals surface area (Å²) in [6.45, 7) is 7.16. The maximum absolute atomic E-state index is 13.7. The highest BCUT2D eigenvalue weighted by molar-refractivity contribution is 5.31. The Hall–Kier alpha value is -1.09. The Balaban J connectivity index is 2.86. The molecule has 0 saturated heterocycles. The molecular weight excluding hydrogens is 217 g/mol. The molecule has 0 spiro atoms. The molecule has 1 aromatic rings. The van der Waals surface area contributed by atoms with E-state index < -0.39 is 0 Å². The van der Waals surface area contributed by atoms with E-state index in [0.717, 1.165) is 12.0 Å². The summed E-state index contributed by atoms with van der Waals surface area (Å²) in [6.07, 6.45) is 0.976. The van der Waals surface area contributed by atoms with Crippen molar-refractivity contribution < 1.29 is 9.13 Å². The van der Waals surface area contributed by atoms with Gasteiger partial charge >= 0.3 is 0 Å². The molecule has 0 amide bonds. The minimum absolute atomic E-state index is 0.222. The molecule has 0 fully saturated rings. The SMILES string of the molecule is CCOc1ccc(C(CN)CC(C)C)cc1F. The first-order valence-electron chi connectivity index (χ1n) is 6.20. The van der Waals surface area contributed by atoms with Crippen LogP contribution in [0.5, 0.6) is 5.75 Å². The van der Waals surface area contributed by atoms with Crippen LogP contribution in [0.3, 0.4) is 0 Å². The van der Waals surface area contributed by atoms with Crippen molar-refractivity contribution in [1.82, 2.24) is 0 Å². The van der Waals surface area contributed by atoms with Crippen LogP contribution < -0.4 is 10.5 Å². The van der Waals surface area contributed by atoms with Gasteiger partial charge in [0, 0.05) is 0 Å². The fourth-order valence-corrected chi connectivity index (χ4v) is 1.98. The third-order valence-electron chi connectivity index (χ3n) is 2.77. The van der Waals surface area contributed by atoms with Gasteiger partial charge in [-0.25, -0.2) is 4.39 Å². The Labute approximate surface area is 103 Å². The number of nitrogens with two attached hydrogens (primary N) is 1. The second-order valence-corrected chi connectivity index (χ2v) is 4.69. The zero-order valence-corrected chi connectivity index (χ0v) is 10.9. The first-order chi connectivity index (χ1) is 8.08. The van der Waals surface area contributed by atoms with Crippen LogP contribution in [0.15, 0.2) is 18.2 Å². The summed E-state index contributed by atoms with van der Waals surface area (Å²) in [5.41, 5.74) is 6.71. The van der Waals surface area contributed by atoms with E-state index in [1.54, 1.807) is 12.1 Å². The maximum atomic E-state index is 13.7. The van der Waals surface area contributed by atoms with E-state index in [-0.39, 0.29) is 11.7 Å². The van der Waals surface area contributed by atoms with Gasteiger partial charge in [0.1, 0.15) is 0 Å². The molecule has 0 saturated carbocycles. The number of hydrogen-bond acceptors (Lipinski definition) is 2. The fraction of sp³-hybridized carbons (Fsp3) is 0.571. The summed E-state index contributed by atoms with van der Waals surface area (Å²) < 4.78 is 18.9. The molecule has 3 heteroatoms. The molecular formula is C14H22FNO. The molecule has 0 bridgehead atoms. The van der Waals surface area contributed by atoms with Gasteiger partial charge in [-0.05, 0) is 49.4 Å². The highest BCUT2D eigenvalue weighted by Crippen LogP contribution is 2.27. The summed E-state index contributed by atoms with van der Waals surface area (Å²) in [6, 6.07) is 5.15. The van der Waals surface area contributed by atoms with Crippen molar-refractivity contribution in [1.29, 1.82) is 0 Å². The predicted octanol–water partition coefficient (Wildman–Crippen LogP) is 3.31. The fourth-order valence-electron chi connectivity index (χ4n) is 1.98. The van der Waals surface area contributed by atoms with Crippen molar-refractivity contribution in [3.8, 4) is 5.75 Å². The predicted molar refractivity (Wildman–Crippen MR) is 68.8 cm³/mol. The summed E-state index contributed by atoms with van der Waals surface area (Å²) in [4.78, 5) is 0. The van der Waals surface area contributed by atoms with Gasteiger partial charge in [0.15, 0.2) is 11.6 Å². The third-order valence-corrected chi connectivity index (χ3v) is 2.77. The minimum atomic E-state index is -0.299. The quantitative estimate of drug-likeness (QED) is 0.826. The topological polar surface area (TPSA) is 35.2 Å². The van der Waals surface area contributed by atoms with Gasteiger partial charge in [0.25, 0.3) is 0 Å². The van der Waals surface area contributed by atoms with Crippen LogP contribution in [-0.4, -0.2) is 13.2 Å². The average Bonchev–Trinajstić information content (AvgIpc) is 2.28. The molecule has 0 aliphatic rings. The Morgan fingerprint density at radius 2 is 2.06 bits per heavy atom. The number of benzene rings is 1. The third kappa shape index (κ3) is 4.00. The lowest BCUT2D eigenvalue weighted by atomic mass is 9.90. The van der Waals surface area contributed by atoms with Gasteiger partial charge in [-0.1, -0.05) is 19.9 Å². The van der Waals surface area contributed by atoms with Crippen LogP contribution in [0.2, 0.25) is 0 Å². The van der Waals surface area contributed by atoms with Crippen LogP contribution >= 0.6 is 0 Å². The molecule has 2 N–H and O–H groups in total. The highest BCUT2D eigenvalue weighted by Gasteiger charge is 2.14. The van der Waals surface area contributed by atoms with Gasteiger partial charge in [0.2, 0.25) is 0 Å². The van der Waals surface area contributed by atoms with Crippen LogP contribution in [0.4, 0.5) is 4.39 Å². The molecule has 1 atom stereocenters. The zero-order valence-electron chi connectivity index (χ0n) is 10.9. The molecule has 96 valence electrons. The summed E-state index contributed by atoms with van der Waals surface area (Å²) in [5, 5.41) is 0. The molecule has 0 aromatic heterocycles. The van der Waals surface area contributed by atoms with Crippen LogP contribution in [0.25, 0.3) is 0 Å². The Kier molecular flexibility index (Phi) is 5.42. The molecule has 1 rings (SSSR count). The molecule has 0 radical (unpaired) electrons. The lowest BCUT2D eigenvalue weighted by Crippen LogP contribution is -2.15. The number of halogens is 1. The number of rotatable bonds is 6. The van der Waals surface area contributed by atoms with Crippen LogP contribution in [-0.2, 0) is 0 Å². The Morgan fingerprint density at radius 3 is 2.53 bits per heavy atom. The smallest absolute Gasteiger partial charge is 0.165 e. The first kappa shape index (κ1) is 14.0.